The Balaban J connectivity index is 1.26. The Labute approximate surface area is 330 Å². The molecule has 1 saturated carbocycles. The van der Waals surface area contributed by atoms with Crippen molar-refractivity contribution < 1.29 is 49.2 Å². The Kier molecular flexibility index (Phi) is 17.9. The smallest absolute Gasteiger partial charge is 0.317 e. The van der Waals surface area contributed by atoms with Gasteiger partial charge in [-0.3, -0.25) is 54.4 Å². The molecule has 0 bridgehead atoms. The van der Waals surface area contributed by atoms with Gasteiger partial charge in [0.2, 0.25) is 5.91 Å². The zero-order chi connectivity index (χ0) is 39.9. The van der Waals surface area contributed by atoms with Gasteiger partial charge in [-0.2, -0.15) is 11.8 Å². The normalized spacial score (nSPS) is 27.4. The predicted octanol–water partition coefficient (Wildman–Crippen LogP) is -0.915. The van der Waals surface area contributed by atoms with Gasteiger partial charge in [0.1, 0.15) is 0 Å². The number of carbonyl (C=O) groups is 6. The Morgan fingerprint density at radius 3 is 1.95 bits per heavy atom. The van der Waals surface area contributed by atoms with E-state index in [2.05, 4.69) is 26.8 Å². The number of aliphatic carboxylic acids is 4. The van der Waals surface area contributed by atoms with E-state index in [1.807, 2.05) is 16.7 Å². The molecule has 4 unspecified atom stereocenters. The van der Waals surface area contributed by atoms with E-state index in [4.69, 9.17) is 12.2 Å². The highest BCUT2D eigenvalue weighted by atomic mass is 32.2. The van der Waals surface area contributed by atoms with Gasteiger partial charge in [0.05, 0.1) is 38.3 Å². The number of unbranched alkanes of at least 4 members (excludes halogenated alkanes) is 1. The van der Waals surface area contributed by atoms with Crippen LogP contribution < -0.4 is 26.8 Å². The van der Waals surface area contributed by atoms with Crippen LogP contribution in [0.4, 0.5) is 4.79 Å². The number of carboxylic acid groups (broad SMARTS) is 4. The number of nitrogens with one attached hydrogen (secondary N) is 5. The summed E-state index contributed by atoms with van der Waals surface area (Å²) >= 11 is 7.29. The van der Waals surface area contributed by atoms with Crippen molar-refractivity contribution in [3.63, 3.8) is 0 Å². The van der Waals surface area contributed by atoms with Gasteiger partial charge in [-0.1, -0.05) is 6.42 Å². The van der Waals surface area contributed by atoms with Gasteiger partial charge in [-0.25, -0.2) is 4.79 Å². The number of amides is 3. The minimum absolute atomic E-state index is 0.0613. The fourth-order valence-electron chi connectivity index (χ4n) is 8.00. The molecule has 55 heavy (non-hydrogen) atoms. The molecule has 3 heterocycles. The monoisotopic (exact) mass is 815 g/mol. The quantitative estimate of drug-likeness (QED) is 0.0395. The third kappa shape index (κ3) is 15.9. The summed E-state index contributed by atoms with van der Waals surface area (Å²) < 4.78 is 0. The van der Waals surface area contributed by atoms with E-state index in [0.29, 0.717) is 23.2 Å². The lowest BCUT2D eigenvalue weighted by molar-refractivity contribution is -0.142. The zero-order valence-electron chi connectivity index (χ0n) is 31.2. The summed E-state index contributed by atoms with van der Waals surface area (Å²) in [4.78, 5) is 78.1. The first-order valence-corrected chi connectivity index (χ1v) is 20.5. The van der Waals surface area contributed by atoms with Crippen LogP contribution in [0.15, 0.2) is 0 Å². The molecule has 0 aromatic rings. The summed E-state index contributed by atoms with van der Waals surface area (Å²) in [6.45, 7) is 0.594. The van der Waals surface area contributed by atoms with Crippen LogP contribution in [-0.4, -0.2) is 188 Å². The maximum atomic E-state index is 12.5. The lowest BCUT2D eigenvalue weighted by Gasteiger charge is -2.40. The summed E-state index contributed by atoms with van der Waals surface area (Å²) in [5.74, 6) is -3.24. The summed E-state index contributed by atoms with van der Waals surface area (Å²) in [6, 6.07) is -0.0669. The Morgan fingerprint density at radius 1 is 0.745 bits per heavy atom. The third-order valence-corrected chi connectivity index (χ3v) is 12.5. The van der Waals surface area contributed by atoms with Crippen LogP contribution in [-0.2, 0) is 24.0 Å². The molecule has 4 aliphatic rings. The number of rotatable bonds is 16. The van der Waals surface area contributed by atoms with Crippen LogP contribution in [0.1, 0.15) is 57.8 Å². The van der Waals surface area contributed by atoms with Gasteiger partial charge in [0, 0.05) is 75.3 Å². The molecule has 310 valence electrons. The number of nitrogens with zero attached hydrogens (tertiary/aromatic N) is 4. The van der Waals surface area contributed by atoms with Crippen LogP contribution in [0.25, 0.3) is 0 Å². The molecular weight excluding hydrogens is 759 g/mol. The topological polar surface area (TPSA) is 256 Å². The fraction of sp³-hybridized carbons (Fsp3) is 0.794. The fourth-order valence-corrected chi connectivity index (χ4v) is 9.76. The Bertz CT molecular complexity index is 1360. The van der Waals surface area contributed by atoms with Crippen LogP contribution in [0.2, 0.25) is 0 Å². The van der Waals surface area contributed by atoms with Gasteiger partial charge in [0.25, 0.3) is 0 Å². The lowest BCUT2D eigenvalue weighted by Crippen LogP contribution is -2.53. The first kappa shape index (κ1) is 44.2. The van der Waals surface area contributed by atoms with Crippen LogP contribution in [0, 0.1) is 5.92 Å². The van der Waals surface area contributed by atoms with E-state index in [-0.39, 0.29) is 114 Å². The molecule has 3 amide bonds. The molecule has 19 nitrogen and oxygen atoms in total. The second-order valence-corrected chi connectivity index (χ2v) is 16.6. The highest BCUT2D eigenvalue weighted by molar-refractivity contribution is 8.00. The summed E-state index contributed by atoms with van der Waals surface area (Å²) in [5.41, 5.74) is 5.46. The van der Waals surface area contributed by atoms with E-state index >= 15 is 0 Å². The van der Waals surface area contributed by atoms with Crippen molar-refractivity contribution in [2.45, 2.75) is 87.2 Å². The molecule has 3 aliphatic heterocycles. The average molecular weight is 816 g/mol. The summed E-state index contributed by atoms with van der Waals surface area (Å²) in [7, 11) is 0. The van der Waals surface area contributed by atoms with Crippen molar-refractivity contribution in [3.8, 4) is 0 Å². The maximum Gasteiger partial charge on any atom is 0.317 e. The first-order chi connectivity index (χ1) is 26.2. The highest BCUT2D eigenvalue weighted by Gasteiger charge is 2.42. The highest BCUT2D eigenvalue weighted by Crippen LogP contribution is 2.33. The van der Waals surface area contributed by atoms with Crippen molar-refractivity contribution in [3.05, 3.63) is 0 Å². The zero-order valence-corrected chi connectivity index (χ0v) is 32.8. The van der Waals surface area contributed by atoms with Gasteiger partial charge in [0.15, 0.2) is 5.11 Å². The van der Waals surface area contributed by atoms with Gasteiger partial charge >= 0.3 is 29.9 Å². The van der Waals surface area contributed by atoms with E-state index in [0.717, 1.165) is 50.7 Å². The predicted molar refractivity (Wildman–Crippen MR) is 207 cm³/mol. The van der Waals surface area contributed by atoms with Crippen molar-refractivity contribution in [1.29, 1.82) is 0 Å². The van der Waals surface area contributed by atoms with E-state index in [1.165, 1.54) is 0 Å². The second-order valence-electron chi connectivity index (χ2n) is 15.0. The molecule has 4 atom stereocenters. The molecule has 0 aromatic carbocycles. The molecule has 21 heteroatoms. The van der Waals surface area contributed by atoms with Gasteiger partial charge in [-0.15, -0.1) is 0 Å². The van der Waals surface area contributed by atoms with E-state index < -0.39 is 23.9 Å². The van der Waals surface area contributed by atoms with Gasteiger partial charge < -0.3 is 36.4 Å². The number of urea groups is 1. The number of hydrazine groups is 1. The molecule has 0 radical (unpaired) electrons. The molecule has 9 N–H and O–H groups in total. The van der Waals surface area contributed by atoms with Crippen LogP contribution >= 0.6 is 24.0 Å². The lowest BCUT2D eigenvalue weighted by atomic mass is 9.82. The van der Waals surface area contributed by atoms with Crippen molar-refractivity contribution >= 4 is 64.9 Å². The molecule has 4 fully saturated rings. The summed E-state index contributed by atoms with van der Waals surface area (Å²) in [6.07, 6.45) is 6.62. The largest absolute Gasteiger partial charge is 0.480 e. The van der Waals surface area contributed by atoms with E-state index in [1.54, 1.807) is 14.7 Å². The molecule has 0 spiro atoms. The molecule has 3 saturated heterocycles. The number of thiocarbonyl (C=S) groups is 1. The number of thioether (sulfide) groups is 1. The van der Waals surface area contributed by atoms with Crippen molar-refractivity contribution in [1.82, 2.24) is 46.4 Å². The number of hydrogen-bond donors (Lipinski definition) is 9. The van der Waals surface area contributed by atoms with Crippen molar-refractivity contribution in [2.24, 2.45) is 5.92 Å². The third-order valence-electron chi connectivity index (χ3n) is 10.8. The minimum atomic E-state index is -1.05. The minimum Gasteiger partial charge on any atom is -0.480 e. The second kappa shape index (κ2) is 22.3. The molecule has 0 aromatic heterocycles. The number of carboxylic acids is 4. The van der Waals surface area contributed by atoms with E-state index in [9.17, 15) is 49.2 Å². The molecule has 1 aliphatic carbocycles. The number of carbonyl (C=O) groups excluding carboxylic acids is 2. The summed E-state index contributed by atoms with van der Waals surface area (Å²) in [5, 5.41) is 48.4. The number of fused-ring (bicyclic) bond motifs is 1. The SMILES string of the molecule is O=C(O)CN1CCN(CC(=O)O)CCN(CC(=O)O)C(CC2CCC(NC(=S)NNC(=O)CCCCC3SCC4NC(=O)NC43)CC2)CN(CC(=O)O)CC1. The molecule has 4 rings (SSSR count). The standard InChI is InChI=1S/C34H57N9O10S2/c44-27(4-2-1-3-26-32-25(21-55-26)36-33(53)37-32)38-39-34(54)35-23-7-5-22(6-8-23)15-24-16-42(19-30(49)50)12-11-40(17-28(45)46)9-10-41(18-29(47)48)13-14-43(24)20-31(51)52/h22-26,32H,1-21H2,(H,38,44)(H,45,46)(H,47,48)(H,49,50)(H,51,52)(H2,35,39,54)(H2,36,37,53). The maximum absolute atomic E-state index is 12.5. The Hall–Kier alpha value is -3.50. The van der Waals surface area contributed by atoms with Gasteiger partial charge in [-0.05, 0) is 63.1 Å². The Morgan fingerprint density at radius 2 is 1.33 bits per heavy atom. The number of hydrogen-bond acceptors (Lipinski definition) is 12. The molecular formula is C34H57N9O10S2. The van der Waals surface area contributed by atoms with Crippen LogP contribution in [0.3, 0.4) is 0 Å². The average Bonchev–Trinajstić information content (AvgIpc) is 3.66. The van der Waals surface area contributed by atoms with Crippen molar-refractivity contribution in [2.75, 3.05) is 77.7 Å². The van der Waals surface area contributed by atoms with Crippen LogP contribution in [0.5, 0.6) is 0 Å². The first-order valence-electron chi connectivity index (χ1n) is 19.1.